The van der Waals surface area contributed by atoms with E-state index in [0.717, 1.165) is 18.7 Å². The van der Waals surface area contributed by atoms with Gasteiger partial charge in [0.2, 0.25) is 0 Å². The molecule has 0 aromatic heterocycles. The van der Waals surface area contributed by atoms with Gasteiger partial charge < -0.3 is 10.1 Å². The number of methoxy groups -OCH3 is 1. The second-order valence-corrected chi connectivity index (χ2v) is 5.27. The van der Waals surface area contributed by atoms with Crippen LogP contribution in [0.25, 0.3) is 0 Å². The maximum Gasteiger partial charge on any atom is 0.136 e. The highest BCUT2D eigenvalue weighted by molar-refractivity contribution is 7.99. The van der Waals surface area contributed by atoms with E-state index in [1.54, 1.807) is 7.11 Å². The number of rotatable bonds is 8. The van der Waals surface area contributed by atoms with Gasteiger partial charge in [-0.2, -0.15) is 17.0 Å². The Kier molecular flexibility index (Phi) is 7.31. The van der Waals surface area contributed by atoms with Crippen LogP contribution in [0.15, 0.2) is 18.2 Å². The van der Waals surface area contributed by atoms with Gasteiger partial charge in [-0.1, -0.05) is 13.0 Å². The van der Waals surface area contributed by atoms with Gasteiger partial charge in [-0.15, -0.1) is 0 Å². The van der Waals surface area contributed by atoms with Crippen LogP contribution in [-0.2, 0) is 6.54 Å². The molecule has 98 valence electrons. The van der Waals surface area contributed by atoms with Crippen molar-refractivity contribution in [3.63, 3.8) is 0 Å². The molecular weight excluding hydrogens is 244 g/mol. The molecule has 0 amide bonds. The summed E-state index contributed by atoms with van der Waals surface area (Å²) in [5, 5.41) is 12.4. The summed E-state index contributed by atoms with van der Waals surface area (Å²) in [5.41, 5.74) is 1.72. The highest BCUT2D eigenvalue weighted by Crippen LogP contribution is 2.18. The van der Waals surface area contributed by atoms with Crippen molar-refractivity contribution in [3.8, 4) is 11.8 Å². The SMILES string of the molecule is CCSCCCNCc1ccc(OC)c(C#N)c1. The van der Waals surface area contributed by atoms with Crippen LogP contribution in [0.5, 0.6) is 5.75 Å². The highest BCUT2D eigenvalue weighted by atomic mass is 32.2. The van der Waals surface area contributed by atoms with Crippen LogP contribution in [0, 0.1) is 11.3 Å². The number of hydrogen-bond acceptors (Lipinski definition) is 4. The van der Waals surface area contributed by atoms with Gasteiger partial charge in [0.15, 0.2) is 0 Å². The molecule has 0 saturated heterocycles. The standard InChI is InChI=1S/C14H20N2OS/c1-3-18-8-4-7-16-11-12-5-6-14(17-2)13(9-12)10-15/h5-6,9,16H,3-4,7-8,11H2,1-2H3. The van der Waals surface area contributed by atoms with Crippen molar-refractivity contribution >= 4 is 11.8 Å². The second kappa shape index (κ2) is 8.84. The number of ether oxygens (including phenoxy) is 1. The van der Waals surface area contributed by atoms with E-state index in [0.29, 0.717) is 11.3 Å². The highest BCUT2D eigenvalue weighted by Gasteiger charge is 2.03. The summed E-state index contributed by atoms with van der Waals surface area (Å²) in [4.78, 5) is 0. The zero-order valence-corrected chi connectivity index (χ0v) is 11.8. The smallest absolute Gasteiger partial charge is 0.136 e. The quantitative estimate of drug-likeness (QED) is 0.733. The van der Waals surface area contributed by atoms with Crippen molar-refractivity contribution in [1.82, 2.24) is 5.32 Å². The maximum absolute atomic E-state index is 8.99. The maximum atomic E-state index is 8.99. The summed E-state index contributed by atoms with van der Waals surface area (Å²) in [6, 6.07) is 7.87. The van der Waals surface area contributed by atoms with E-state index >= 15 is 0 Å². The minimum atomic E-state index is 0.596. The number of nitrogens with zero attached hydrogens (tertiary/aromatic N) is 1. The Labute approximate surface area is 114 Å². The van der Waals surface area contributed by atoms with Crippen LogP contribution in [0.3, 0.4) is 0 Å². The lowest BCUT2D eigenvalue weighted by atomic mass is 10.1. The molecule has 0 fully saturated rings. The predicted octanol–water partition coefficient (Wildman–Crippen LogP) is 2.80. The van der Waals surface area contributed by atoms with E-state index in [-0.39, 0.29) is 0 Å². The molecule has 1 N–H and O–H groups in total. The monoisotopic (exact) mass is 264 g/mol. The molecule has 1 rings (SSSR count). The Morgan fingerprint density at radius 2 is 2.28 bits per heavy atom. The molecule has 0 saturated carbocycles. The van der Waals surface area contributed by atoms with E-state index in [9.17, 15) is 0 Å². The lowest BCUT2D eigenvalue weighted by Crippen LogP contribution is -2.15. The van der Waals surface area contributed by atoms with Crippen LogP contribution in [0.1, 0.15) is 24.5 Å². The molecule has 0 aliphatic carbocycles. The predicted molar refractivity (Wildman–Crippen MR) is 77.0 cm³/mol. The van der Waals surface area contributed by atoms with Crippen LogP contribution >= 0.6 is 11.8 Å². The molecule has 0 aliphatic rings. The third-order valence-corrected chi connectivity index (χ3v) is 3.55. The molecule has 4 heteroatoms. The number of benzene rings is 1. The fraction of sp³-hybridized carbons (Fsp3) is 0.500. The van der Waals surface area contributed by atoms with Crippen molar-refractivity contribution in [2.45, 2.75) is 19.9 Å². The number of nitriles is 1. The Morgan fingerprint density at radius 3 is 2.94 bits per heavy atom. The number of hydrogen-bond donors (Lipinski definition) is 1. The lowest BCUT2D eigenvalue weighted by Gasteiger charge is -2.07. The molecule has 0 spiro atoms. The van der Waals surface area contributed by atoms with Crippen molar-refractivity contribution in [2.75, 3.05) is 25.2 Å². The zero-order chi connectivity index (χ0) is 13.2. The summed E-state index contributed by atoms with van der Waals surface area (Å²) in [7, 11) is 1.58. The van der Waals surface area contributed by atoms with E-state index in [2.05, 4.69) is 18.3 Å². The van der Waals surface area contributed by atoms with E-state index < -0.39 is 0 Å². The average Bonchev–Trinajstić information content (AvgIpc) is 2.42. The van der Waals surface area contributed by atoms with Gasteiger partial charge in [-0.05, 0) is 42.2 Å². The van der Waals surface area contributed by atoms with Gasteiger partial charge in [-0.25, -0.2) is 0 Å². The largest absolute Gasteiger partial charge is 0.495 e. The molecule has 0 bridgehead atoms. The van der Waals surface area contributed by atoms with Crippen molar-refractivity contribution in [3.05, 3.63) is 29.3 Å². The normalized spacial score (nSPS) is 10.1. The third-order valence-electron chi connectivity index (χ3n) is 2.56. The molecule has 1 aromatic carbocycles. The van der Waals surface area contributed by atoms with Crippen LogP contribution < -0.4 is 10.1 Å². The topological polar surface area (TPSA) is 45.0 Å². The van der Waals surface area contributed by atoms with Crippen molar-refractivity contribution < 1.29 is 4.74 Å². The van der Waals surface area contributed by atoms with E-state index in [1.807, 2.05) is 30.0 Å². The van der Waals surface area contributed by atoms with Crippen LogP contribution in [0.2, 0.25) is 0 Å². The summed E-state index contributed by atoms with van der Waals surface area (Å²) in [5.74, 6) is 3.03. The molecule has 0 atom stereocenters. The summed E-state index contributed by atoms with van der Waals surface area (Å²) in [6.45, 7) is 4.00. The molecule has 0 unspecified atom stereocenters. The first kappa shape index (κ1) is 14.9. The van der Waals surface area contributed by atoms with Gasteiger partial charge in [-0.3, -0.25) is 0 Å². The second-order valence-electron chi connectivity index (χ2n) is 3.87. The summed E-state index contributed by atoms with van der Waals surface area (Å²) in [6.07, 6.45) is 1.18. The average molecular weight is 264 g/mol. The van der Waals surface area contributed by atoms with Crippen molar-refractivity contribution in [1.29, 1.82) is 5.26 Å². The molecule has 3 nitrogen and oxygen atoms in total. The molecular formula is C14H20N2OS. The first-order chi connectivity index (χ1) is 8.81. The first-order valence-electron chi connectivity index (χ1n) is 6.17. The minimum absolute atomic E-state index is 0.596. The van der Waals surface area contributed by atoms with Crippen LogP contribution in [-0.4, -0.2) is 25.2 Å². The van der Waals surface area contributed by atoms with Gasteiger partial charge in [0.1, 0.15) is 11.8 Å². The Hall–Kier alpha value is -1.18. The Balaban J connectivity index is 2.37. The molecule has 1 aromatic rings. The van der Waals surface area contributed by atoms with Crippen LogP contribution in [0.4, 0.5) is 0 Å². The molecule has 18 heavy (non-hydrogen) atoms. The lowest BCUT2D eigenvalue weighted by molar-refractivity contribution is 0.413. The fourth-order valence-corrected chi connectivity index (χ4v) is 2.27. The Morgan fingerprint density at radius 1 is 1.44 bits per heavy atom. The van der Waals surface area contributed by atoms with Crippen molar-refractivity contribution in [2.24, 2.45) is 0 Å². The van der Waals surface area contributed by atoms with Gasteiger partial charge in [0, 0.05) is 6.54 Å². The van der Waals surface area contributed by atoms with E-state index in [4.69, 9.17) is 10.00 Å². The van der Waals surface area contributed by atoms with Gasteiger partial charge in [0.25, 0.3) is 0 Å². The fourth-order valence-electron chi connectivity index (χ4n) is 1.63. The van der Waals surface area contributed by atoms with Gasteiger partial charge in [0.05, 0.1) is 12.7 Å². The molecule has 0 radical (unpaired) electrons. The Bertz CT molecular complexity index is 401. The minimum Gasteiger partial charge on any atom is -0.495 e. The molecule has 0 aliphatic heterocycles. The number of thioether (sulfide) groups is 1. The first-order valence-corrected chi connectivity index (χ1v) is 7.32. The molecule has 0 heterocycles. The zero-order valence-electron chi connectivity index (χ0n) is 11.0. The summed E-state index contributed by atoms with van der Waals surface area (Å²) < 4.78 is 5.12. The number of nitrogens with one attached hydrogen (secondary N) is 1. The van der Waals surface area contributed by atoms with Gasteiger partial charge >= 0.3 is 0 Å². The third kappa shape index (κ3) is 4.99. The summed E-state index contributed by atoms with van der Waals surface area (Å²) >= 11 is 1.97. The van der Waals surface area contributed by atoms with E-state index in [1.165, 1.54) is 17.9 Å².